The highest BCUT2D eigenvalue weighted by atomic mass is 79.9. The summed E-state index contributed by atoms with van der Waals surface area (Å²) in [5.41, 5.74) is 2.41. The largest absolute Gasteiger partial charge is 0.314 e. The molecule has 0 spiro atoms. The van der Waals surface area contributed by atoms with Gasteiger partial charge < -0.3 is 5.32 Å². The molecule has 1 fully saturated rings. The lowest BCUT2D eigenvalue weighted by Gasteiger charge is -2.25. The molecule has 2 rings (SSSR count). The minimum absolute atomic E-state index is 0.584. The van der Waals surface area contributed by atoms with Crippen molar-refractivity contribution in [2.45, 2.75) is 52.5 Å². The summed E-state index contributed by atoms with van der Waals surface area (Å²) in [5, 5.41) is 8.20. The number of nitrogens with one attached hydrogen (secondary N) is 1. The van der Waals surface area contributed by atoms with Gasteiger partial charge in [0, 0.05) is 19.5 Å². The lowest BCUT2D eigenvalue weighted by Crippen LogP contribution is -2.37. The Morgan fingerprint density at radius 3 is 2.68 bits per heavy atom. The van der Waals surface area contributed by atoms with E-state index in [1.807, 2.05) is 11.7 Å². The Morgan fingerprint density at radius 1 is 1.47 bits per heavy atom. The lowest BCUT2D eigenvalue weighted by molar-refractivity contribution is 0.348. The van der Waals surface area contributed by atoms with Gasteiger partial charge in [-0.05, 0) is 54.1 Å². The van der Waals surface area contributed by atoms with Gasteiger partial charge in [-0.3, -0.25) is 4.68 Å². The second kappa shape index (κ2) is 6.40. The molecule has 108 valence electrons. The van der Waals surface area contributed by atoms with E-state index in [-0.39, 0.29) is 0 Å². The molecule has 1 aromatic heterocycles. The Morgan fingerprint density at radius 2 is 2.21 bits per heavy atom. The summed E-state index contributed by atoms with van der Waals surface area (Å²) < 4.78 is 3.21. The highest BCUT2D eigenvalue weighted by Gasteiger charge is 2.29. The van der Waals surface area contributed by atoms with Crippen LogP contribution in [-0.2, 0) is 13.5 Å². The van der Waals surface area contributed by atoms with Gasteiger partial charge in [-0.15, -0.1) is 0 Å². The molecule has 1 aliphatic carbocycles. The molecular formula is C15H26BrN3. The van der Waals surface area contributed by atoms with Crippen LogP contribution < -0.4 is 5.32 Å². The van der Waals surface area contributed by atoms with Gasteiger partial charge >= 0.3 is 0 Å². The molecule has 3 unspecified atom stereocenters. The number of nitrogens with zero attached hydrogens (tertiary/aromatic N) is 2. The molecule has 1 heterocycles. The van der Waals surface area contributed by atoms with Crippen molar-refractivity contribution in [3.63, 3.8) is 0 Å². The quantitative estimate of drug-likeness (QED) is 0.897. The molecule has 0 amide bonds. The van der Waals surface area contributed by atoms with Crippen molar-refractivity contribution in [2.24, 2.45) is 18.9 Å². The van der Waals surface area contributed by atoms with Gasteiger partial charge in [0.25, 0.3) is 0 Å². The monoisotopic (exact) mass is 327 g/mol. The predicted molar refractivity (Wildman–Crippen MR) is 83.3 cm³/mol. The second-order valence-electron chi connectivity index (χ2n) is 6.02. The number of likely N-dealkylation sites (N-methyl/N-ethyl adjacent to an activating group) is 1. The molecule has 0 aliphatic heterocycles. The van der Waals surface area contributed by atoms with Gasteiger partial charge in [-0.25, -0.2) is 0 Å². The first-order chi connectivity index (χ1) is 9.02. The van der Waals surface area contributed by atoms with E-state index < -0.39 is 0 Å². The molecule has 0 saturated heterocycles. The van der Waals surface area contributed by atoms with Crippen LogP contribution in [0.2, 0.25) is 0 Å². The minimum Gasteiger partial charge on any atom is -0.314 e. The Balaban J connectivity index is 2.12. The molecule has 1 aliphatic rings. The van der Waals surface area contributed by atoms with Gasteiger partial charge in [0.1, 0.15) is 0 Å². The molecule has 0 bridgehead atoms. The van der Waals surface area contributed by atoms with Crippen LogP contribution in [0.4, 0.5) is 0 Å². The van der Waals surface area contributed by atoms with Gasteiger partial charge in [-0.2, -0.15) is 5.10 Å². The van der Waals surface area contributed by atoms with Gasteiger partial charge in [-0.1, -0.05) is 20.3 Å². The van der Waals surface area contributed by atoms with Crippen molar-refractivity contribution in [1.29, 1.82) is 0 Å². The molecule has 1 aromatic rings. The maximum atomic E-state index is 4.51. The molecule has 4 heteroatoms. The van der Waals surface area contributed by atoms with E-state index in [9.17, 15) is 0 Å². The standard InChI is InChI=1S/C15H26BrN3/c1-5-17-13(12-7-6-10(2)8-12)9-14-15(16)11(3)18-19(14)4/h10,12-13,17H,5-9H2,1-4H3. The van der Waals surface area contributed by atoms with E-state index >= 15 is 0 Å². The van der Waals surface area contributed by atoms with Gasteiger partial charge in [0.05, 0.1) is 15.9 Å². The number of rotatable bonds is 5. The topological polar surface area (TPSA) is 29.9 Å². The molecule has 3 atom stereocenters. The number of hydrogen-bond acceptors (Lipinski definition) is 2. The Kier molecular flexibility index (Phi) is 5.07. The fourth-order valence-electron chi connectivity index (χ4n) is 3.39. The molecule has 0 radical (unpaired) electrons. The van der Waals surface area contributed by atoms with Crippen LogP contribution in [0.25, 0.3) is 0 Å². The first-order valence-corrected chi connectivity index (χ1v) is 8.23. The maximum absolute atomic E-state index is 4.51. The SMILES string of the molecule is CCNC(Cc1c(Br)c(C)nn1C)C1CCC(C)C1. The van der Waals surface area contributed by atoms with Crippen LogP contribution in [0.1, 0.15) is 44.5 Å². The van der Waals surface area contributed by atoms with Crippen molar-refractivity contribution in [1.82, 2.24) is 15.1 Å². The Hall–Kier alpha value is -0.350. The molecule has 1 N–H and O–H groups in total. The third-order valence-electron chi connectivity index (χ3n) is 4.45. The lowest BCUT2D eigenvalue weighted by atomic mass is 9.93. The van der Waals surface area contributed by atoms with Crippen LogP contribution in [0, 0.1) is 18.8 Å². The molecular weight excluding hydrogens is 302 g/mol. The van der Waals surface area contributed by atoms with Crippen molar-refractivity contribution < 1.29 is 0 Å². The average molecular weight is 328 g/mol. The van der Waals surface area contributed by atoms with Crippen LogP contribution in [0.5, 0.6) is 0 Å². The first kappa shape index (κ1) is 15.0. The van der Waals surface area contributed by atoms with Crippen molar-refractivity contribution in [3.05, 3.63) is 15.9 Å². The number of hydrogen-bond donors (Lipinski definition) is 1. The highest BCUT2D eigenvalue weighted by Crippen LogP contribution is 2.34. The maximum Gasteiger partial charge on any atom is 0.0738 e. The van der Waals surface area contributed by atoms with E-state index in [0.717, 1.165) is 30.5 Å². The zero-order valence-corrected chi connectivity index (χ0v) is 14.1. The first-order valence-electron chi connectivity index (χ1n) is 7.44. The van der Waals surface area contributed by atoms with Gasteiger partial charge in [0.15, 0.2) is 0 Å². The summed E-state index contributed by atoms with van der Waals surface area (Å²) in [7, 11) is 2.05. The highest BCUT2D eigenvalue weighted by molar-refractivity contribution is 9.10. The van der Waals surface area contributed by atoms with E-state index in [4.69, 9.17) is 0 Å². The summed E-state index contributed by atoms with van der Waals surface area (Å²) in [4.78, 5) is 0. The number of aryl methyl sites for hydroxylation is 2. The minimum atomic E-state index is 0.584. The fourth-order valence-corrected chi connectivity index (χ4v) is 3.89. The van der Waals surface area contributed by atoms with E-state index in [0.29, 0.717) is 6.04 Å². The summed E-state index contributed by atoms with van der Waals surface area (Å²) in [5.74, 6) is 1.71. The number of aromatic nitrogens is 2. The second-order valence-corrected chi connectivity index (χ2v) is 6.81. The fraction of sp³-hybridized carbons (Fsp3) is 0.800. The van der Waals surface area contributed by atoms with E-state index in [1.54, 1.807) is 0 Å². The zero-order chi connectivity index (χ0) is 14.0. The van der Waals surface area contributed by atoms with Crippen LogP contribution in [0.3, 0.4) is 0 Å². The zero-order valence-electron chi connectivity index (χ0n) is 12.5. The molecule has 1 saturated carbocycles. The third-order valence-corrected chi connectivity index (χ3v) is 5.48. The Bertz CT molecular complexity index is 427. The van der Waals surface area contributed by atoms with Crippen LogP contribution in [-0.4, -0.2) is 22.4 Å². The van der Waals surface area contributed by atoms with Crippen molar-refractivity contribution in [2.75, 3.05) is 6.54 Å². The average Bonchev–Trinajstić information content (AvgIpc) is 2.88. The normalized spacial score (nSPS) is 24.9. The smallest absolute Gasteiger partial charge is 0.0738 e. The van der Waals surface area contributed by atoms with Crippen molar-refractivity contribution >= 4 is 15.9 Å². The summed E-state index contributed by atoms with van der Waals surface area (Å²) in [6, 6.07) is 0.584. The summed E-state index contributed by atoms with van der Waals surface area (Å²) in [6.45, 7) is 7.69. The van der Waals surface area contributed by atoms with E-state index in [2.05, 4.69) is 47.1 Å². The van der Waals surface area contributed by atoms with Gasteiger partial charge in [0.2, 0.25) is 0 Å². The Labute approximate surface area is 125 Å². The third kappa shape index (κ3) is 3.40. The van der Waals surface area contributed by atoms with E-state index in [1.165, 1.54) is 29.4 Å². The summed E-state index contributed by atoms with van der Waals surface area (Å²) in [6.07, 6.45) is 5.20. The van der Waals surface area contributed by atoms with Crippen LogP contribution in [0.15, 0.2) is 4.47 Å². The number of halogens is 1. The molecule has 0 aromatic carbocycles. The summed E-state index contributed by atoms with van der Waals surface area (Å²) >= 11 is 3.69. The predicted octanol–water partition coefficient (Wildman–Crippen LogP) is 3.45. The van der Waals surface area contributed by atoms with Crippen LogP contribution >= 0.6 is 15.9 Å². The van der Waals surface area contributed by atoms with Crippen molar-refractivity contribution in [3.8, 4) is 0 Å². The molecule has 19 heavy (non-hydrogen) atoms. The molecule has 3 nitrogen and oxygen atoms in total.